The first-order chi connectivity index (χ1) is 10.2. The molecule has 0 bridgehead atoms. The molecule has 2 saturated heterocycles. The lowest BCUT2D eigenvalue weighted by Crippen LogP contribution is -2.41. The fourth-order valence-corrected chi connectivity index (χ4v) is 3.64. The standard InChI is InChI=1S/C17H20N2O2/c1-11-4-5-15-13(7-11)8-16(21-15)17(20)19-9-12-3-2-6-18-14(12)10-19/h4-5,7-8,12,14,18H,2-3,6,9-10H2,1H3/t12-,14+/m0/s1. The molecule has 0 saturated carbocycles. The van der Waals surface area contributed by atoms with Crippen LogP contribution in [-0.2, 0) is 0 Å². The highest BCUT2D eigenvalue weighted by Gasteiger charge is 2.37. The number of likely N-dealkylation sites (tertiary alicyclic amines) is 1. The fourth-order valence-electron chi connectivity index (χ4n) is 3.64. The molecule has 2 aliphatic rings. The highest BCUT2D eigenvalue weighted by Crippen LogP contribution is 2.28. The van der Waals surface area contributed by atoms with E-state index in [0.29, 0.717) is 17.7 Å². The maximum atomic E-state index is 12.6. The maximum absolute atomic E-state index is 12.6. The summed E-state index contributed by atoms with van der Waals surface area (Å²) in [7, 11) is 0. The van der Waals surface area contributed by atoms with Crippen LogP contribution in [0.4, 0.5) is 0 Å². The topological polar surface area (TPSA) is 45.5 Å². The van der Waals surface area contributed by atoms with Gasteiger partial charge in [-0.1, -0.05) is 11.6 Å². The zero-order valence-electron chi connectivity index (χ0n) is 12.3. The van der Waals surface area contributed by atoms with Gasteiger partial charge in [-0.3, -0.25) is 4.79 Å². The Labute approximate surface area is 124 Å². The van der Waals surface area contributed by atoms with E-state index in [1.807, 2.05) is 30.0 Å². The SMILES string of the molecule is Cc1ccc2oc(C(=O)N3C[C@@H]4CCCN[C@@H]4C3)cc2c1. The number of hydrogen-bond acceptors (Lipinski definition) is 3. The summed E-state index contributed by atoms with van der Waals surface area (Å²) in [6.45, 7) is 4.78. The summed E-state index contributed by atoms with van der Waals surface area (Å²) in [5.41, 5.74) is 1.97. The third kappa shape index (κ3) is 2.23. The number of aryl methyl sites for hydroxylation is 1. The van der Waals surface area contributed by atoms with Gasteiger partial charge in [-0.25, -0.2) is 0 Å². The van der Waals surface area contributed by atoms with Gasteiger partial charge in [0, 0.05) is 24.5 Å². The zero-order valence-corrected chi connectivity index (χ0v) is 12.3. The molecule has 4 nitrogen and oxygen atoms in total. The third-order valence-corrected chi connectivity index (χ3v) is 4.77. The second-order valence-electron chi connectivity index (χ2n) is 6.32. The number of furan rings is 1. The number of benzene rings is 1. The largest absolute Gasteiger partial charge is 0.451 e. The van der Waals surface area contributed by atoms with Crippen molar-refractivity contribution in [2.45, 2.75) is 25.8 Å². The molecule has 1 aromatic heterocycles. The van der Waals surface area contributed by atoms with Crippen molar-refractivity contribution in [2.75, 3.05) is 19.6 Å². The number of piperidine rings is 1. The number of carbonyl (C=O) groups is 1. The average molecular weight is 284 g/mol. The van der Waals surface area contributed by atoms with Gasteiger partial charge >= 0.3 is 0 Å². The van der Waals surface area contributed by atoms with Crippen LogP contribution < -0.4 is 5.32 Å². The molecule has 21 heavy (non-hydrogen) atoms. The first-order valence-corrected chi connectivity index (χ1v) is 7.73. The van der Waals surface area contributed by atoms with Crippen molar-refractivity contribution >= 4 is 16.9 Å². The fraction of sp³-hybridized carbons (Fsp3) is 0.471. The Kier molecular flexibility index (Phi) is 3.00. The van der Waals surface area contributed by atoms with Gasteiger partial charge in [0.05, 0.1) is 0 Å². The van der Waals surface area contributed by atoms with Crippen LogP contribution in [0.5, 0.6) is 0 Å². The summed E-state index contributed by atoms with van der Waals surface area (Å²) in [5.74, 6) is 1.10. The summed E-state index contributed by atoms with van der Waals surface area (Å²) in [6, 6.07) is 8.34. The molecule has 0 radical (unpaired) electrons. The van der Waals surface area contributed by atoms with Crippen molar-refractivity contribution in [2.24, 2.45) is 5.92 Å². The second-order valence-corrected chi connectivity index (χ2v) is 6.32. The van der Waals surface area contributed by atoms with Crippen molar-refractivity contribution in [3.05, 3.63) is 35.6 Å². The summed E-state index contributed by atoms with van der Waals surface area (Å²) < 4.78 is 5.74. The lowest BCUT2D eigenvalue weighted by atomic mass is 9.94. The molecule has 0 unspecified atom stereocenters. The zero-order chi connectivity index (χ0) is 14.4. The van der Waals surface area contributed by atoms with Gasteiger partial charge in [-0.15, -0.1) is 0 Å². The van der Waals surface area contributed by atoms with Gasteiger partial charge in [-0.05, 0) is 50.4 Å². The molecular formula is C17H20N2O2. The number of nitrogens with zero attached hydrogens (tertiary/aromatic N) is 1. The Morgan fingerprint density at radius 1 is 1.33 bits per heavy atom. The highest BCUT2D eigenvalue weighted by atomic mass is 16.3. The van der Waals surface area contributed by atoms with E-state index in [0.717, 1.165) is 30.6 Å². The smallest absolute Gasteiger partial charge is 0.289 e. The van der Waals surface area contributed by atoms with Gasteiger partial charge < -0.3 is 14.6 Å². The number of fused-ring (bicyclic) bond motifs is 2. The van der Waals surface area contributed by atoms with Crippen LogP contribution in [0, 0.1) is 12.8 Å². The molecule has 110 valence electrons. The molecule has 1 N–H and O–H groups in total. The van der Waals surface area contributed by atoms with Gasteiger partial charge in [0.15, 0.2) is 5.76 Å². The van der Waals surface area contributed by atoms with Crippen molar-refractivity contribution in [1.29, 1.82) is 0 Å². The summed E-state index contributed by atoms with van der Waals surface area (Å²) in [4.78, 5) is 14.6. The molecule has 2 aromatic rings. The lowest BCUT2D eigenvalue weighted by molar-refractivity contribution is 0.0756. The molecule has 0 aliphatic carbocycles. The first-order valence-electron chi connectivity index (χ1n) is 7.73. The van der Waals surface area contributed by atoms with Crippen molar-refractivity contribution in [1.82, 2.24) is 10.2 Å². The lowest BCUT2D eigenvalue weighted by Gasteiger charge is -2.24. The summed E-state index contributed by atoms with van der Waals surface area (Å²) >= 11 is 0. The molecule has 4 heteroatoms. The molecule has 1 amide bonds. The highest BCUT2D eigenvalue weighted by molar-refractivity contribution is 5.96. The molecule has 2 fully saturated rings. The minimum Gasteiger partial charge on any atom is -0.451 e. The Morgan fingerprint density at radius 2 is 2.24 bits per heavy atom. The van der Waals surface area contributed by atoms with E-state index in [-0.39, 0.29) is 5.91 Å². The van der Waals surface area contributed by atoms with Crippen LogP contribution in [0.2, 0.25) is 0 Å². The van der Waals surface area contributed by atoms with E-state index in [4.69, 9.17) is 4.42 Å². The third-order valence-electron chi connectivity index (χ3n) is 4.77. The average Bonchev–Trinajstić information content (AvgIpc) is 3.09. The Bertz CT molecular complexity index is 677. The van der Waals surface area contributed by atoms with Crippen LogP contribution in [0.15, 0.2) is 28.7 Å². The van der Waals surface area contributed by atoms with Crippen LogP contribution in [0.1, 0.15) is 29.0 Å². The Morgan fingerprint density at radius 3 is 3.10 bits per heavy atom. The molecule has 2 atom stereocenters. The minimum absolute atomic E-state index is 0.0278. The quantitative estimate of drug-likeness (QED) is 0.875. The van der Waals surface area contributed by atoms with Crippen molar-refractivity contribution < 1.29 is 9.21 Å². The first kappa shape index (κ1) is 12.9. The predicted octanol–water partition coefficient (Wildman–Crippen LogP) is 2.57. The molecule has 2 aliphatic heterocycles. The normalized spacial score (nSPS) is 25.3. The van der Waals surface area contributed by atoms with E-state index in [9.17, 15) is 4.79 Å². The Balaban J connectivity index is 1.58. The molecule has 1 aromatic carbocycles. The molecule has 4 rings (SSSR count). The van der Waals surface area contributed by atoms with E-state index in [2.05, 4.69) is 11.4 Å². The maximum Gasteiger partial charge on any atom is 0.289 e. The number of amides is 1. The summed E-state index contributed by atoms with van der Waals surface area (Å²) in [5, 5.41) is 4.53. The van der Waals surface area contributed by atoms with Crippen molar-refractivity contribution in [3.63, 3.8) is 0 Å². The Hall–Kier alpha value is -1.81. The molecular weight excluding hydrogens is 264 g/mol. The monoisotopic (exact) mass is 284 g/mol. The van der Waals surface area contributed by atoms with Crippen LogP contribution in [-0.4, -0.2) is 36.5 Å². The van der Waals surface area contributed by atoms with Crippen molar-refractivity contribution in [3.8, 4) is 0 Å². The molecule has 0 spiro atoms. The number of rotatable bonds is 1. The van der Waals surface area contributed by atoms with Crippen LogP contribution in [0.3, 0.4) is 0 Å². The van der Waals surface area contributed by atoms with Gasteiger partial charge in [-0.2, -0.15) is 0 Å². The van der Waals surface area contributed by atoms with Crippen LogP contribution >= 0.6 is 0 Å². The number of carbonyl (C=O) groups excluding carboxylic acids is 1. The second kappa shape index (κ2) is 4.88. The molecule has 3 heterocycles. The minimum atomic E-state index is 0.0278. The number of nitrogens with one attached hydrogen (secondary N) is 1. The predicted molar refractivity (Wildman–Crippen MR) is 81.4 cm³/mol. The van der Waals surface area contributed by atoms with E-state index >= 15 is 0 Å². The van der Waals surface area contributed by atoms with Gasteiger partial charge in [0.25, 0.3) is 5.91 Å². The van der Waals surface area contributed by atoms with E-state index in [1.165, 1.54) is 18.4 Å². The van der Waals surface area contributed by atoms with Gasteiger partial charge in [0.1, 0.15) is 5.58 Å². The van der Waals surface area contributed by atoms with E-state index in [1.54, 1.807) is 0 Å². The number of hydrogen-bond donors (Lipinski definition) is 1. The van der Waals surface area contributed by atoms with Crippen LogP contribution in [0.25, 0.3) is 11.0 Å². The van der Waals surface area contributed by atoms with Gasteiger partial charge in [0.2, 0.25) is 0 Å². The summed E-state index contributed by atoms with van der Waals surface area (Å²) in [6.07, 6.45) is 2.44. The van der Waals surface area contributed by atoms with E-state index < -0.39 is 0 Å².